The van der Waals surface area contributed by atoms with E-state index in [4.69, 9.17) is 4.74 Å². The van der Waals surface area contributed by atoms with E-state index in [0.717, 1.165) is 25.1 Å². The highest BCUT2D eigenvalue weighted by molar-refractivity contribution is 5.40. The second-order valence-corrected chi connectivity index (χ2v) is 6.29. The molecule has 1 aromatic carbocycles. The third kappa shape index (κ3) is 3.97. The molecule has 2 nitrogen and oxygen atoms in total. The van der Waals surface area contributed by atoms with E-state index in [1.165, 1.54) is 5.56 Å². The van der Waals surface area contributed by atoms with Crippen molar-refractivity contribution in [2.24, 2.45) is 0 Å². The third-order valence-electron chi connectivity index (χ3n) is 3.99. The molecule has 1 aromatic rings. The Bertz CT molecular complexity index is 388. The Balaban J connectivity index is 3.10. The van der Waals surface area contributed by atoms with Crippen LogP contribution in [0.15, 0.2) is 24.3 Å². The quantitative estimate of drug-likeness (QED) is 0.833. The minimum Gasteiger partial charge on any atom is -0.496 e. The van der Waals surface area contributed by atoms with Crippen LogP contribution in [0.3, 0.4) is 0 Å². The fourth-order valence-electron chi connectivity index (χ4n) is 2.49. The SMILES string of the molecule is CCC(CC)(CNC(C)(C)C)c1ccccc1OC. The highest BCUT2D eigenvalue weighted by Crippen LogP contribution is 2.37. The summed E-state index contributed by atoms with van der Waals surface area (Å²) in [6.45, 7) is 12.1. The molecule has 0 aliphatic rings. The Kier molecular flexibility index (Phi) is 5.42. The summed E-state index contributed by atoms with van der Waals surface area (Å²) in [6.07, 6.45) is 2.21. The van der Waals surface area contributed by atoms with Gasteiger partial charge < -0.3 is 10.1 Å². The summed E-state index contributed by atoms with van der Waals surface area (Å²) in [5.74, 6) is 1.00. The molecule has 0 atom stereocenters. The molecule has 0 aliphatic carbocycles. The molecule has 0 saturated carbocycles. The topological polar surface area (TPSA) is 21.3 Å². The fourth-order valence-corrected chi connectivity index (χ4v) is 2.49. The van der Waals surface area contributed by atoms with Crippen LogP contribution in [0.2, 0.25) is 0 Å². The van der Waals surface area contributed by atoms with Crippen molar-refractivity contribution in [3.05, 3.63) is 29.8 Å². The van der Waals surface area contributed by atoms with E-state index in [2.05, 4.69) is 58.1 Å². The Hall–Kier alpha value is -1.02. The normalized spacial score (nSPS) is 12.5. The number of methoxy groups -OCH3 is 1. The smallest absolute Gasteiger partial charge is 0.122 e. The zero-order chi connectivity index (χ0) is 14.5. The van der Waals surface area contributed by atoms with Crippen molar-refractivity contribution < 1.29 is 4.74 Å². The molecular weight excluding hydrogens is 234 g/mol. The molecule has 0 bridgehead atoms. The van der Waals surface area contributed by atoms with E-state index in [1.54, 1.807) is 7.11 Å². The van der Waals surface area contributed by atoms with Gasteiger partial charge in [0.2, 0.25) is 0 Å². The van der Waals surface area contributed by atoms with Crippen molar-refractivity contribution in [1.29, 1.82) is 0 Å². The molecule has 0 amide bonds. The first-order valence-corrected chi connectivity index (χ1v) is 7.27. The van der Waals surface area contributed by atoms with E-state index >= 15 is 0 Å². The Morgan fingerprint density at radius 1 is 1.05 bits per heavy atom. The minimum absolute atomic E-state index is 0.137. The first kappa shape index (κ1) is 16.0. The van der Waals surface area contributed by atoms with Crippen LogP contribution in [0.25, 0.3) is 0 Å². The Morgan fingerprint density at radius 3 is 2.11 bits per heavy atom. The van der Waals surface area contributed by atoms with E-state index in [1.807, 2.05) is 6.07 Å². The summed E-state index contributed by atoms with van der Waals surface area (Å²) in [5, 5.41) is 3.66. The molecule has 1 rings (SSSR count). The van der Waals surface area contributed by atoms with Gasteiger partial charge in [-0.05, 0) is 39.7 Å². The maximum Gasteiger partial charge on any atom is 0.122 e. The zero-order valence-corrected chi connectivity index (χ0v) is 13.3. The molecule has 0 heterocycles. The number of benzene rings is 1. The number of rotatable bonds is 6. The molecule has 2 heteroatoms. The lowest BCUT2D eigenvalue weighted by molar-refractivity contribution is 0.301. The first-order valence-electron chi connectivity index (χ1n) is 7.27. The van der Waals surface area contributed by atoms with E-state index in [-0.39, 0.29) is 11.0 Å². The Morgan fingerprint density at radius 2 is 1.63 bits per heavy atom. The highest BCUT2D eigenvalue weighted by Gasteiger charge is 2.32. The molecule has 0 aromatic heterocycles. The van der Waals surface area contributed by atoms with Crippen molar-refractivity contribution >= 4 is 0 Å². The highest BCUT2D eigenvalue weighted by atomic mass is 16.5. The van der Waals surface area contributed by atoms with E-state index < -0.39 is 0 Å². The van der Waals surface area contributed by atoms with Crippen molar-refractivity contribution in [3.8, 4) is 5.75 Å². The number of hydrogen-bond donors (Lipinski definition) is 1. The van der Waals surface area contributed by atoms with Crippen molar-refractivity contribution in [1.82, 2.24) is 5.32 Å². The van der Waals surface area contributed by atoms with Crippen LogP contribution in [0.5, 0.6) is 5.75 Å². The fraction of sp³-hybridized carbons (Fsp3) is 0.647. The lowest BCUT2D eigenvalue weighted by Crippen LogP contribution is -2.45. The first-order chi connectivity index (χ1) is 8.88. The summed E-state index contributed by atoms with van der Waals surface area (Å²) >= 11 is 0. The van der Waals surface area contributed by atoms with Gasteiger partial charge in [0.15, 0.2) is 0 Å². The van der Waals surface area contributed by atoms with Gasteiger partial charge in [-0.25, -0.2) is 0 Å². The summed E-state index contributed by atoms with van der Waals surface area (Å²) in [5.41, 5.74) is 1.59. The zero-order valence-electron chi connectivity index (χ0n) is 13.3. The van der Waals surface area contributed by atoms with Crippen LogP contribution < -0.4 is 10.1 Å². The van der Waals surface area contributed by atoms with Gasteiger partial charge in [0.25, 0.3) is 0 Å². The molecule has 0 unspecified atom stereocenters. The van der Waals surface area contributed by atoms with Crippen LogP contribution in [-0.4, -0.2) is 19.2 Å². The van der Waals surface area contributed by atoms with Crippen molar-refractivity contribution in [2.45, 2.75) is 58.4 Å². The molecule has 0 spiro atoms. The predicted octanol–water partition coefficient (Wildman–Crippen LogP) is 4.14. The summed E-state index contributed by atoms with van der Waals surface area (Å²) in [6, 6.07) is 8.41. The van der Waals surface area contributed by atoms with Gasteiger partial charge >= 0.3 is 0 Å². The van der Waals surface area contributed by atoms with Crippen LogP contribution in [-0.2, 0) is 5.41 Å². The van der Waals surface area contributed by atoms with Crippen LogP contribution in [0, 0.1) is 0 Å². The number of nitrogens with one attached hydrogen (secondary N) is 1. The third-order valence-corrected chi connectivity index (χ3v) is 3.99. The molecule has 0 fully saturated rings. The van der Waals surface area contributed by atoms with Gasteiger partial charge in [-0.3, -0.25) is 0 Å². The van der Waals surface area contributed by atoms with Gasteiger partial charge in [-0.2, -0.15) is 0 Å². The van der Waals surface area contributed by atoms with Gasteiger partial charge in [0.05, 0.1) is 7.11 Å². The average Bonchev–Trinajstić information content (AvgIpc) is 2.40. The van der Waals surface area contributed by atoms with Gasteiger partial charge in [0, 0.05) is 23.1 Å². The molecule has 0 radical (unpaired) electrons. The summed E-state index contributed by atoms with van der Waals surface area (Å²) in [4.78, 5) is 0. The minimum atomic E-state index is 0.137. The monoisotopic (exact) mass is 263 g/mol. The van der Waals surface area contributed by atoms with Gasteiger partial charge in [-0.1, -0.05) is 32.0 Å². The molecule has 19 heavy (non-hydrogen) atoms. The second-order valence-electron chi connectivity index (χ2n) is 6.29. The van der Waals surface area contributed by atoms with Crippen LogP contribution >= 0.6 is 0 Å². The molecular formula is C17H29NO. The summed E-state index contributed by atoms with van der Waals surface area (Å²) < 4.78 is 5.56. The molecule has 0 aliphatic heterocycles. The maximum absolute atomic E-state index is 5.56. The standard InChI is InChI=1S/C17H29NO/c1-7-17(8-2,13-18-16(3,4)5)14-11-9-10-12-15(14)19-6/h9-12,18H,7-8,13H2,1-6H3. The number of para-hydroxylation sites is 1. The van der Waals surface area contributed by atoms with Crippen LogP contribution in [0.1, 0.15) is 53.0 Å². The second kappa shape index (κ2) is 6.42. The van der Waals surface area contributed by atoms with Crippen molar-refractivity contribution in [2.75, 3.05) is 13.7 Å². The van der Waals surface area contributed by atoms with Crippen molar-refractivity contribution in [3.63, 3.8) is 0 Å². The number of ether oxygens (including phenoxy) is 1. The van der Waals surface area contributed by atoms with Crippen LogP contribution in [0.4, 0.5) is 0 Å². The average molecular weight is 263 g/mol. The molecule has 0 saturated heterocycles. The van der Waals surface area contributed by atoms with E-state index in [0.29, 0.717) is 0 Å². The van der Waals surface area contributed by atoms with Gasteiger partial charge in [-0.15, -0.1) is 0 Å². The Labute approximate surface area is 118 Å². The van der Waals surface area contributed by atoms with Gasteiger partial charge in [0.1, 0.15) is 5.75 Å². The molecule has 1 N–H and O–H groups in total. The summed E-state index contributed by atoms with van der Waals surface area (Å²) in [7, 11) is 1.76. The predicted molar refractivity (Wildman–Crippen MR) is 83.0 cm³/mol. The largest absolute Gasteiger partial charge is 0.496 e. The van der Waals surface area contributed by atoms with E-state index in [9.17, 15) is 0 Å². The molecule has 108 valence electrons. The number of hydrogen-bond acceptors (Lipinski definition) is 2. The lowest BCUT2D eigenvalue weighted by atomic mass is 9.75. The maximum atomic E-state index is 5.56. The lowest BCUT2D eigenvalue weighted by Gasteiger charge is -2.36.